The number of amides is 1. The molecule has 3 rings (SSSR count). The van der Waals surface area contributed by atoms with Gasteiger partial charge < -0.3 is 14.5 Å². The van der Waals surface area contributed by atoms with Crippen molar-refractivity contribution in [2.24, 2.45) is 4.99 Å². The van der Waals surface area contributed by atoms with Gasteiger partial charge in [-0.05, 0) is 49.4 Å². The molecule has 1 heterocycles. The van der Waals surface area contributed by atoms with E-state index >= 15 is 0 Å². The van der Waals surface area contributed by atoms with Gasteiger partial charge in [0.25, 0.3) is 5.91 Å². The maximum atomic E-state index is 12.5. The predicted molar refractivity (Wildman–Crippen MR) is 98.0 cm³/mol. The highest BCUT2D eigenvalue weighted by atomic mass is 16.5. The second kappa shape index (κ2) is 7.97. The van der Waals surface area contributed by atoms with Crippen LogP contribution in [0, 0.1) is 0 Å². The highest BCUT2D eigenvalue weighted by molar-refractivity contribution is 6.05. The van der Waals surface area contributed by atoms with Crippen molar-refractivity contribution < 1.29 is 13.9 Å². The Morgan fingerprint density at radius 1 is 1.16 bits per heavy atom. The molecule has 0 atom stereocenters. The minimum Gasteiger partial charge on any atom is -0.492 e. The summed E-state index contributed by atoms with van der Waals surface area (Å²) in [5.41, 5.74) is 1.82. The van der Waals surface area contributed by atoms with Gasteiger partial charge in [-0.2, -0.15) is 0 Å². The van der Waals surface area contributed by atoms with Gasteiger partial charge in [0.1, 0.15) is 11.5 Å². The molecule has 0 fully saturated rings. The summed E-state index contributed by atoms with van der Waals surface area (Å²) in [6.45, 7) is 2.43. The molecule has 3 aromatic rings. The average molecular weight is 334 g/mol. The third-order valence-corrected chi connectivity index (χ3v) is 3.43. The fourth-order valence-corrected chi connectivity index (χ4v) is 2.28. The lowest BCUT2D eigenvalue weighted by Crippen LogP contribution is -2.12. The Kier molecular flexibility index (Phi) is 5.26. The summed E-state index contributed by atoms with van der Waals surface area (Å²) in [7, 11) is 0. The van der Waals surface area contributed by atoms with Gasteiger partial charge in [0.05, 0.1) is 30.5 Å². The molecule has 0 radical (unpaired) electrons. The molecule has 1 aromatic heterocycles. The first-order chi connectivity index (χ1) is 12.3. The van der Waals surface area contributed by atoms with Gasteiger partial charge in [0.2, 0.25) is 0 Å². The first-order valence-electron chi connectivity index (χ1n) is 7.97. The molecule has 0 saturated carbocycles. The quantitative estimate of drug-likeness (QED) is 0.666. The van der Waals surface area contributed by atoms with Gasteiger partial charge in [-0.3, -0.25) is 9.79 Å². The van der Waals surface area contributed by atoms with Crippen LogP contribution in [0.2, 0.25) is 0 Å². The van der Waals surface area contributed by atoms with Crippen LogP contribution in [0.1, 0.15) is 23.0 Å². The van der Waals surface area contributed by atoms with Crippen molar-refractivity contribution in [3.05, 3.63) is 78.3 Å². The Morgan fingerprint density at radius 3 is 2.84 bits per heavy atom. The first-order valence-corrected chi connectivity index (χ1v) is 7.97. The molecule has 0 aliphatic carbocycles. The van der Waals surface area contributed by atoms with Gasteiger partial charge >= 0.3 is 0 Å². The van der Waals surface area contributed by atoms with Gasteiger partial charge in [0.15, 0.2) is 0 Å². The van der Waals surface area contributed by atoms with Crippen molar-refractivity contribution in [3.8, 4) is 5.75 Å². The fraction of sp³-hybridized carbons (Fsp3) is 0.100. The summed E-state index contributed by atoms with van der Waals surface area (Å²) in [5, 5.41) is 2.87. The molecule has 0 aliphatic heterocycles. The van der Waals surface area contributed by atoms with Crippen LogP contribution in [-0.2, 0) is 0 Å². The molecule has 126 valence electrons. The van der Waals surface area contributed by atoms with Crippen molar-refractivity contribution >= 4 is 23.5 Å². The number of rotatable bonds is 6. The number of aliphatic imine (C=N–C) groups is 1. The molecule has 25 heavy (non-hydrogen) atoms. The molecule has 1 N–H and O–H groups in total. The lowest BCUT2D eigenvalue weighted by molar-refractivity contribution is 0.102. The molecular weight excluding hydrogens is 316 g/mol. The van der Waals surface area contributed by atoms with Crippen LogP contribution in [-0.4, -0.2) is 18.7 Å². The topological polar surface area (TPSA) is 63.8 Å². The van der Waals surface area contributed by atoms with E-state index in [0.29, 0.717) is 35.1 Å². The predicted octanol–water partition coefficient (Wildman–Crippen LogP) is 4.68. The zero-order chi connectivity index (χ0) is 17.5. The lowest BCUT2D eigenvalue weighted by Gasteiger charge is -2.11. The van der Waals surface area contributed by atoms with Crippen LogP contribution in [0.4, 0.5) is 11.4 Å². The van der Waals surface area contributed by atoms with E-state index in [4.69, 9.17) is 9.15 Å². The summed E-state index contributed by atoms with van der Waals surface area (Å²) < 4.78 is 10.7. The van der Waals surface area contributed by atoms with Crippen LogP contribution in [0.15, 0.2) is 76.3 Å². The fourth-order valence-electron chi connectivity index (χ4n) is 2.28. The lowest BCUT2D eigenvalue weighted by atomic mass is 10.2. The molecule has 5 heteroatoms. The highest BCUT2D eigenvalue weighted by Gasteiger charge is 2.10. The number of hydrogen-bond donors (Lipinski definition) is 1. The number of ether oxygens (including phenoxy) is 1. The second-order valence-electron chi connectivity index (χ2n) is 5.21. The van der Waals surface area contributed by atoms with E-state index in [1.807, 2.05) is 43.3 Å². The van der Waals surface area contributed by atoms with Crippen molar-refractivity contribution in [1.29, 1.82) is 0 Å². The molecule has 0 spiro atoms. The normalized spacial score (nSPS) is 10.8. The summed E-state index contributed by atoms with van der Waals surface area (Å²) in [6.07, 6.45) is 3.20. The number of carbonyl (C=O) groups excluding carboxylic acids is 1. The van der Waals surface area contributed by atoms with Crippen molar-refractivity contribution in [1.82, 2.24) is 0 Å². The molecule has 0 bridgehead atoms. The number of furan rings is 1. The Balaban J connectivity index is 1.76. The van der Waals surface area contributed by atoms with Crippen LogP contribution < -0.4 is 10.1 Å². The minimum atomic E-state index is -0.220. The first kappa shape index (κ1) is 16.5. The van der Waals surface area contributed by atoms with Gasteiger partial charge in [-0.1, -0.05) is 18.2 Å². The molecule has 0 saturated heterocycles. The van der Waals surface area contributed by atoms with E-state index in [0.717, 1.165) is 0 Å². The highest BCUT2D eigenvalue weighted by Crippen LogP contribution is 2.24. The van der Waals surface area contributed by atoms with E-state index in [1.54, 1.807) is 36.7 Å². The Bertz CT molecular complexity index is 870. The third kappa shape index (κ3) is 4.35. The van der Waals surface area contributed by atoms with E-state index in [2.05, 4.69) is 10.3 Å². The number of para-hydroxylation sites is 2. The summed E-state index contributed by atoms with van der Waals surface area (Å²) in [5.74, 6) is 1.08. The maximum absolute atomic E-state index is 12.5. The van der Waals surface area contributed by atoms with Crippen LogP contribution >= 0.6 is 0 Å². The molecule has 1 amide bonds. The van der Waals surface area contributed by atoms with Crippen molar-refractivity contribution in [3.63, 3.8) is 0 Å². The number of carbonyl (C=O) groups is 1. The maximum Gasteiger partial charge on any atom is 0.255 e. The monoisotopic (exact) mass is 334 g/mol. The number of nitrogens with zero attached hydrogens (tertiary/aromatic N) is 1. The minimum absolute atomic E-state index is 0.220. The molecule has 0 aliphatic rings. The number of benzene rings is 2. The zero-order valence-electron chi connectivity index (χ0n) is 13.8. The molecule has 0 unspecified atom stereocenters. The SMILES string of the molecule is CCOc1ccccc1NC(=O)c1cccc(N=Cc2ccco2)c1. The Morgan fingerprint density at radius 2 is 2.04 bits per heavy atom. The summed E-state index contributed by atoms with van der Waals surface area (Å²) in [6, 6.07) is 18.0. The van der Waals surface area contributed by atoms with E-state index in [9.17, 15) is 4.79 Å². The Hall–Kier alpha value is -3.34. The average Bonchev–Trinajstić information content (AvgIpc) is 3.16. The van der Waals surface area contributed by atoms with Crippen LogP contribution in [0.25, 0.3) is 0 Å². The van der Waals surface area contributed by atoms with Crippen molar-refractivity contribution in [2.45, 2.75) is 6.92 Å². The third-order valence-electron chi connectivity index (χ3n) is 3.43. The zero-order valence-corrected chi connectivity index (χ0v) is 13.8. The number of nitrogens with one attached hydrogen (secondary N) is 1. The van der Waals surface area contributed by atoms with Gasteiger partial charge in [-0.25, -0.2) is 0 Å². The summed E-state index contributed by atoms with van der Waals surface area (Å²) >= 11 is 0. The smallest absolute Gasteiger partial charge is 0.255 e. The number of hydrogen-bond acceptors (Lipinski definition) is 4. The molecular formula is C20H18N2O3. The van der Waals surface area contributed by atoms with E-state index in [-0.39, 0.29) is 5.91 Å². The van der Waals surface area contributed by atoms with E-state index < -0.39 is 0 Å². The standard InChI is InChI=1S/C20H18N2O3/c1-2-24-19-11-4-3-10-18(19)22-20(23)15-7-5-8-16(13-15)21-14-17-9-6-12-25-17/h3-14H,2H2,1H3,(H,22,23). The molecule has 5 nitrogen and oxygen atoms in total. The molecule has 2 aromatic carbocycles. The van der Waals surface area contributed by atoms with Gasteiger partial charge in [-0.15, -0.1) is 0 Å². The summed E-state index contributed by atoms with van der Waals surface area (Å²) in [4.78, 5) is 16.8. The largest absolute Gasteiger partial charge is 0.492 e. The number of anilines is 1. The van der Waals surface area contributed by atoms with Crippen LogP contribution in [0.3, 0.4) is 0 Å². The van der Waals surface area contributed by atoms with Crippen molar-refractivity contribution in [2.75, 3.05) is 11.9 Å². The van der Waals surface area contributed by atoms with Gasteiger partial charge in [0, 0.05) is 5.56 Å². The van der Waals surface area contributed by atoms with Crippen LogP contribution in [0.5, 0.6) is 5.75 Å². The second-order valence-corrected chi connectivity index (χ2v) is 5.21. The van der Waals surface area contributed by atoms with E-state index in [1.165, 1.54) is 0 Å². The Labute approximate surface area is 146 Å².